The maximum absolute atomic E-state index is 9.67. The zero-order chi connectivity index (χ0) is 14.5. The lowest BCUT2D eigenvalue weighted by Gasteiger charge is -2.08. The molecule has 4 nitrogen and oxygen atoms in total. The summed E-state index contributed by atoms with van der Waals surface area (Å²) in [4.78, 5) is 0. The molecular weight excluding hydrogens is 164 g/mol. The maximum Gasteiger partial charge on any atom is 0.157 e. The van der Waals surface area contributed by atoms with E-state index in [1.807, 2.05) is 0 Å². The number of hydrogen-bond acceptors (Lipinski definition) is 4. The van der Waals surface area contributed by atoms with Gasteiger partial charge >= 0.3 is 0 Å². The predicted molar refractivity (Wildman–Crippen MR) is 43.8 cm³/mol. The number of rotatable bonds is 2. The number of phenols is 2. The van der Waals surface area contributed by atoms with E-state index in [1.165, 1.54) is 0 Å². The molecule has 0 aromatic heterocycles. The van der Waals surface area contributed by atoms with Gasteiger partial charge in [-0.15, -0.1) is 0 Å². The van der Waals surface area contributed by atoms with Crippen LogP contribution in [0.4, 0.5) is 0 Å². The van der Waals surface area contributed by atoms with Gasteiger partial charge in [0.25, 0.3) is 0 Å². The van der Waals surface area contributed by atoms with Crippen LogP contribution < -0.4 is 5.73 Å². The molecule has 4 heteroatoms. The summed E-state index contributed by atoms with van der Waals surface area (Å²) in [5.41, 5.74) is 3.95. The summed E-state index contributed by atoms with van der Waals surface area (Å²) < 4.78 is 43.7. The number of aromatic hydroxyl groups is 2. The Morgan fingerprint density at radius 3 is 2.83 bits per heavy atom. The van der Waals surface area contributed by atoms with Crippen molar-refractivity contribution in [2.45, 2.75) is 6.08 Å². The van der Waals surface area contributed by atoms with Crippen LogP contribution in [0.1, 0.15) is 19.9 Å². The molecule has 0 aliphatic carbocycles. The zero-order valence-electron chi connectivity index (χ0n) is 11.9. The minimum atomic E-state index is -3.22. The third-order valence-electron chi connectivity index (χ3n) is 1.15. The Bertz CT molecular complexity index is 470. The maximum atomic E-state index is 9.67. The van der Waals surface area contributed by atoms with Gasteiger partial charge in [0.2, 0.25) is 0 Å². The van der Waals surface area contributed by atoms with Gasteiger partial charge in [-0.25, -0.2) is 0 Å². The quantitative estimate of drug-likeness (QED) is 0.487. The highest BCUT2D eigenvalue weighted by Gasteiger charge is 2.07. The van der Waals surface area contributed by atoms with Gasteiger partial charge in [-0.3, -0.25) is 0 Å². The van der Waals surface area contributed by atoms with Crippen LogP contribution in [0.3, 0.4) is 0 Å². The topological polar surface area (TPSA) is 86.7 Å². The summed E-state index contributed by atoms with van der Waals surface area (Å²) in [6, 6.07) is -2.92. The Morgan fingerprint density at radius 1 is 1.58 bits per heavy atom. The summed E-state index contributed by atoms with van der Waals surface area (Å²) in [5, 5.41) is 28.2. The van der Waals surface area contributed by atoms with Gasteiger partial charge in [0.15, 0.2) is 11.5 Å². The molecule has 0 saturated heterocycles. The third kappa shape index (κ3) is 1.66. The van der Waals surface area contributed by atoms with Gasteiger partial charge in [-0.1, -0.05) is 6.04 Å². The van der Waals surface area contributed by atoms with E-state index in [0.717, 1.165) is 0 Å². The molecule has 12 heavy (non-hydrogen) atoms. The summed E-state index contributed by atoms with van der Waals surface area (Å²) in [6.45, 7) is -3.03. The van der Waals surface area contributed by atoms with Crippen LogP contribution in [-0.2, 0) is 0 Å². The molecule has 0 bridgehead atoms. The molecule has 0 spiro atoms. The molecule has 1 atom stereocenters. The standard InChI is InChI=1S/C8H11NO3/c9-4-8(12)5-1-2-6(10)7(11)3-5/h1-3,8,10-12H,4,9H2/i1+1D,2+1D,3+1D,4D2,5+1,6+1,7+1,8D. The van der Waals surface area contributed by atoms with Crippen LogP contribution in [0.2, 0.25) is 0 Å². The van der Waals surface area contributed by atoms with Crippen LogP contribution in [0, 0.1) is 0 Å². The minimum absolute atomic E-state index is 0.937. The van der Waals surface area contributed by atoms with Crippen LogP contribution in [0.15, 0.2) is 18.1 Å². The first kappa shape index (κ1) is 3.64. The Labute approximate surface area is 78.3 Å². The largest absolute Gasteiger partial charge is 0.504 e. The highest BCUT2D eigenvalue weighted by molar-refractivity contribution is 5.41. The minimum Gasteiger partial charge on any atom is -0.504 e. The van der Waals surface area contributed by atoms with Gasteiger partial charge < -0.3 is 21.1 Å². The fraction of sp³-hybridized carbons (Fsp3) is 0.250. The smallest absolute Gasteiger partial charge is 0.157 e. The number of hydrogen-bond donors (Lipinski definition) is 4. The molecule has 0 aliphatic rings. The normalized spacial score (nSPS) is 23.8. The van der Waals surface area contributed by atoms with E-state index >= 15 is 0 Å². The second-order valence-corrected chi connectivity index (χ2v) is 1.94. The molecule has 1 unspecified atom stereocenters. The molecule has 1 aromatic carbocycles. The van der Waals surface area contributed by atoms with Crippen molar-refractivity contribution in [2.75, 3.05) is 6.50 Å². The lowest BCUT2D eigenvalue weighted by molar-refractivity contribution is 0.186. The van der Waals surface area contributed by atoms with Gasteiger partial charge in [0.1, 0.15) is 0 Å². The molecule has 66 valence electrons. The highest BCUT2D eigenvalue weighted by atomic mass is 16.4. The molecule has 0 saturated carbocycles. The van der Waals surface area contributed by atoms with Crippen LogP contribution >= 0.6 is 0 Å². The van der Waals surface area contributed by atoms with Crippen molar-refractivity contribution >= 4 is 0 Å². The van der Waals surface area contributed by atoms with Crippen LogP contribution in [0.5, 0.6) is 11.5 Å². The van der Waals surface area contributed by atoms with Crippen LogP contribution in [-0.4, -0.2) is 21.8 Å². The van der Waals surface area contributed by atoms with Crippen molar-refractivity contribution in [3.8, 4) is 11.5 Å². The average Bonchev–Trinajstić information content (AvgIpc) is 2.22. The Hall–Kier alpha value is -1.26. The third-order valence-corrected chi connectivity index (χ3v) is 1.15. The fourth-order valence-corrected chi connectivity index (χ4v) is 0.580. The van der Waals surface area contributed by atoms with Crippen molar-refractivity contribution in [3.63, 3.8) is 0 Å². The zero-order valence-corrected chi connectivity index (χ0v) is 5.92. The van der Waals surface area contributed by atoms with Gasteiger partial charge in [-0.2, -0.15) is 0 Å². The molecule has 5 N–H and O–H groups in total. The van der Waals surface area contributed by atoms with E-state index in [2.05, 4.69) is 0 Å². The van der Waals surface area contributed by atoms with Crippen molar-refractivity contribution < 1.29 is 23.5 Å². The molecular formula is C8H11NO3. The first-order valence-corrected chi connectivity index (χ1v) is 2.96. The second-order valence-electron chi connectivity index (χ2n) is 1.94. The first-order valence-electron chi connectivity index (χ1n) is 5.96. The number of phenolic OH excluding ortho intramolecular Hbond substituents is 2. The molecule has 0 fully saturated rings. The van der Waals surface area contributed by atoms with E-state index in [1.54, 1.807) is 0 Å². The molecule has 0 amide bonds. The van der Waals surface area contributed by atoms with Crippen molar-refractivity contribution in [1.29, 1.82) is 0 Å². The van der Waals surface area contributed by atoms with E-state index in [9.17, 15) is 15.3 Å². The fourth-order valence-electron chi connectivity index (χ4n) is 0.580. The first-order chi connectivity index (χ1) is 7.93. The summed E-state index contributed by atoms with van der Waals surface area (Å²) in [5.74, 6) is -2.18. The molecule has 0 heterocycles. The number of aliphatic hydroxyl groups is 1. The van der Waals surface area contributed by atoms with E-state index in [0.29, 0.717) is 0 Å². The summed E-state index contributed by atoms with van der Waals surface area (Å²) in [6.07, 6.45) is -3.22. The summed E-state index contributed by atoms with van der Waals surface area (Å²) >= 11 is 0. The van der Waals surface area contributed by atoms with Crippen LogP contribution in [0.25, 0.3) is 0 Å². The SMILES string of the molecule is [2H][13c]1[13c]([2H])[13c](C([2H])(O)C([2H])([2H])N)[13c]([2H])[13c](O)[13c]1O. The van der Waals surface area contributed by atoms with Crippen molar-refractivity contribution in [2.24, 2.45) is 5.73 Å². The van der Waals surface area contributed by atoms with Crippen molar-refractivity contribution in [1.82, 2.24) is 0 Å². The van der Waals surface area contributed by atoms with Gasteiger partial charge in [0, 0.05) is 9.24 Å². The van der Waals surface area contributed by atoms with Gasteiger partial charge in [-0.05, 0) is 17.6 Å². The lowest BCUT2D eigenvalue weighted by atomic mass is 10.5. The van der Waals surface area contributed by atoms with E-state index in [-0.39, 0.29) is 0 Å². The number of nitrogens with two attached hydrogens (primary N) is 1. The molecule has 0 aliphatic heterocycles. The number of benzene rings is 1. The Kier molecular flexibility index (Phi) is 1.04. The second kappa shape index (κ2) is 3.42. The average molecular weight is 181 g/mol. The Morgan fingerprint density at radius 2 is 2.25 bits per heavy atom. The lowest BCUT2D eigenvalue weighted by Crippen LogP contribution is -2.11. The predicted octanol–water partition coefficient (Wildman–Crippen LogP) is 0.0899. The molecule has 0 radical (unpaired) electrons. The summed E-state index contributed by atoms with van der Waals surface area (Å²) in [7, 11) is 0. The Balaban J connectivity index is 3.72. The van der Waals surface area contributed by atoms with Gasteiger partial charge in [0.05, 0.1) is 11.6 Å². The van der Waals surface area contributed by atoms with E-state index < -0.39 is 47.8 Å². The monoisotopic (exact) mass is 181 g/mol. The van der Waals surface area contributed by atoms with E-state index in [4.69, 9.17) is 14.0 Å². The highest BCUT2D eigenvalue weighted by Crippen LogP contribution is 2.27. The molecule has 1 aromatic rings. The van der Waals surface area contributed by atoms with Crippen molar-refractivity contribution in [3.05, 3.63) is 23.7 Å². The molecule has 1 rings (SSSR count).